The van der Waals surface area contributed by atoms with Gasteiger partial charge in [-0.05, 0) is 38.0 Å². The maximum Gasteiger partial charge on any atom is 0.128 e. The Kier molecular flexibility index (Phi) is 4.16. The van der Waals surface area contributed by atoms with Crippen molar-refractivity contribution in [3.05, 3.63) is 42.0 Å². The first kappa shape index (κ1) is 14.4. The zero-order valence-electron chi connectivity index (χ0n) is 13.0. The van der Waals surface area contributed by atoms with E-state index in [1.807, 2.05) is 24.3 Å². The molecule has 1 aliphatic carbocycles. The molecule has 0 amide bonds. The minimum Gasteiger partial charge on any atom is -0.507 e. The molecular weight excluding hydrogens is 258 g/mol. The predicted octanol–water partition coefficient (Wildman–Crippen LogP) is 4.77. The summed E-state index contributed by atoms with van der Waals surface area (Å²) in [5.74, 6) is 1.21. The number of phenols is 1. The first-order valence-corrected chi connectivity index (χ1v) is 8.13. The van der Waals surface area contributed by atoms with E-state index < -0.39 is 0 Å². The van der Waals surface area contributed by atoms with Crippen molar-refractivity contribution in [2.24, 2.45) is 5.92 Å². The fourth-order valence-corrected chi connectivity index (χ4v) is 3.70. The molecule has 1 saturated carbocycles. The van der Waals surface area contributed by atoms with Gasteiger partial charge in [-0.15, -0.1) is 0 Å². The molecule has 112 valence electrons. The molecule has 0 radical (unpaired) electrons. The molecule has 0 saturated heterocycles. The largest absolute Gasteiger partial charge is 0.507 e. The summed E-state index contributed by atoms with van der Waals surface area (Å²) in [6.07, 6.45) is 5.41. The number of hydrogen-bond donors (Lipinski definition) is 2. The van der Waals surface area contributed by atoms with Crippen LogP contribution in [0.25, 0.3) is 10.8 Å². The Hall–Kier alpha value is -1.54. The van der Waals surface area contributed by atoms with E-state index in [9.17, 15) is 5.11 Å². The molecule has 1 unspecified atom stereocenters. The van der Waals surface area contributed by atoms with E-state index in [0.717, 1.165) is 22.3 Å². The molecule has 0 aliphatic heterocycles. The highest BCUT2D eigenvalue weighted by Crippen LogP contribution is 2.34. The Morgan fingerprint density at radius 1 is 1.05 bits per heavy atom. The van der Waals surface area contributed by atoms with Crippen molar-refractivity contribution in [3.63, 3.8) is 0 Å². The standard InChI is InChI=1S/C19H25NO/c1-13(15-7-3-4-8-15)20-14(2)17-12-11-16-9-5-6-10-18(16)19(17)21/h5-6,9-15,20-21H,3-4,7-8H2,1-2H3/t13-,14?/m1/s1. The molecule has 2 N–H and O–H groups in total. The van der Waals surface area contributed by atoms with Crippen LogP contribution in [0.1, 0.15) is 51.1 Å². The van der Waals surface area contributed by atoms with Gasteiger partial charge in [0.25, 0.3) is 0 Å². The summed E-state index contributed by atoms with van der Waals surface area (Å²) < 4.78 is 0. The number of aromatic hydroxyl groups is 1. The van der Waals surface area contributed by atoms with Crippen LogP contribution in [0.4, 0.5) is 0 Å². The molecule has 0 bridgehead atoms. The minimum atomic E-state index is 0.171. The van der Waals surface area contributed by atoms with Crippen LogP contribution in [0.3, 0.4) is 0 Å². The third-order valence-electron chi connectivity index (χ3n) is 5.02. The van der Waals surface area contributed by atoms with Crippen LogP contribution in [0.15, 0.2) is 36.4 Å². The highest BCUT2D eigenvalue weighted by molar-refractivity contribution is 5.89. The number of rotatable bonds is 4. The minimum absolute atomic E-state index is 0.171. The molecule has 2 heteroatoms. The molecule has 0 aromatic heterocycles. The summed E-state index contributed by atoms with van der Waals surface area (Å²) in [5.41, 5.74) is 0.999. The van der Waals surface area contributed by atoms with Crippen LogP contribution in [0.5, 0.6) is 5.75 Å². The normalized spacial score (nSPS) is 19.0. The van der Waals surface area contributed by atoms with Crippen molar-refractivity contribution in [3.8, 4) is 5.75 Å². The Bertz CT molecular complexity index is 616. The summed E-state index contributed by atoms with van der Waals surface area (Å²) in [6.45, 7) is 4.43. The summed E-state index contributed by atoms with van der Waals surface area (Å²) in [7, 11) is 0. The van der Waals surface area contributed by atoms with Crippen LogP contribution in [-0.2, 0) is 0 Å². The van der Waals surface area contributed by atoms with E-state index in [0.29, 0.717) is 11.8 Å². The SMILES string of the molecule is CC(N[C@H](C)C1CCCC1)c1ccc2ccccc2c1O. The lowest BCUT2D eigenvalue weighted by Crippen LogP contribution is -2.34. The first-order chi connectivity index (χ1) is 10.2. The van der Waals surface area contributed by atoms with Gasteiger partial charge in [0.05, 0.1) is 0 Å². The predicted molar refractivity (Wildman–Crippen MR) is 88.6 cm³/mol. The van der Waals surface area contributed by atoms with Crippen LogP contribution >= 0.6 is 0 Å². The van der Waals surface area contributed by atoms with Crippen LogP contribution in [-0.4, -0.2) is 11.1 Å². The van der Waals surface area contributed by atoms with Crippen LogP contribution < -0.4 is 5.32 Å². The number of nitrogens with one attached hydrogen (secondary N) is 1. The molecule has 1 aliphatic rings. The highest BCUT2D eigenvalue weighted by atomic mass is 16.3. The van der Waals surface area contributed by atoms with Gasteiger partial charge in [-0.1, -0.05) is 49.2 Å². The second-order valence-electron chi connectivity index (χ2n) is 6.45. The average molecular weight is 283 g/mol. The van der Waals surface area contributed by atoms with Gasteiger partial charge in [0.15, 0.2) is 0 Å². The molecule has 2 aromatic rings. The highest BCUT2D eigenvalue weighted by Gasteiger charge is 2.23. The summed E-state index contributed by atoms with van der Waals surface area (Å²) >= 11 is 0. The van der Waals surface area contributed by atoms with Gasteiger partial charge in [0, 0.05) is 23.0 Å². The maximum absolute atomic E-state index is 10.6. The number of fused-ring (bicyclic) bond motifs is 1. The topological polar surface area (TPSA) is 32.3 Å². The van der Waals surface area contributed by atoms with E-state index in [1.54, 1.807) is 0 Å². The lowest BCUT2D eigenvalue weighted by molar-refractivity contribution is 0.348. The van der Waals surface area contributed by atoms with Gasteiger partial charge in [0.1, 0.15) is 5.75 Å². The van der Waals surface area contributed by atoms with Gasteiger partial charge in [-0.25, -0.2) is 0 Å². The third kappa shape index (κ3) is 2.91. The van der Waals surface area contributed by atoms with E-state index in [1.165, 1.54) is 25.7 Å². The molecule has 21 heavy (non-hydrogen) atoms. The van der Waals surface area contributed by atoms with Crippen molar-refractivity contribution >= 4 is 10.8 Å². The van der Waals surface area contributed by atoms with Crippen molar-refractivity contribution in [1.82, 2.24) is 5.32 Å². The Morgan fingerprint density at radius 2 is 1.76 bits per heavy atom. The molecule has 2 aromatic carbocycles. The first-order valence-electron chi connectivity index (χ1n) is 8.13. The summed E-state index contributed by atoms with van der Waals surface area (Å²) in [5, 5.41) is 16.3. The zero-order chi connectivity index (χ0) is 14.8. The maximum atomic E-state index is 10.6. The second-order valence-corrected chi connectivity index (χ2v) is 6.45. The molecule has 3 rings (SSSR count). The average Bonchev–Trinajstić information content (AvgIpc) is 3.02. The number of benzene rings is 2. The van der Waals surface area contributed by atoms with E-state index >= 15 is 0 Å². The van der Waals surface area contributed by atoms with E-state index in [2.05, 4.69) is 31.3 Å². The molecule has 2 nitrogen and oxygen atoms in total. The molecule has 0 heterocycles. The van der Waals surface area contributed by atoms with Gasteiger partial charge < -0.3 is 10.4 Å². The third-order valence-corrected chi connectivity index (χ3v) is 5.02. The van der Waals surface area contributed by atoms with Crippen LogP contribution in [0.2, 0.25) is 0 Å². The van der Waals surface area contributed by atoms with Crippen molar-refractivity contribution in [2.45, 2.75) is 51.6 Å². The fourth-order valence-electron chi connectivity index (χ4n) is 3.70. The zero-order valence-corrected chi connectivity index (χ0v) is 13.0. The van der Waals surface area contributed by atoms with Crippen molar-refractivity contribution < 1.29 is 5.11 Å². The molecule has 0 spiro atoms. The Labute approximate surface area is 127 Å². The molecule has 1 fully saturated rings. The fraction of sp³-hybridized carbons (Fsp3) is 0.474. The molecule has 2 atom stereocenters. The number of hydrogen-bond acceptors (Lipinski definition) is 2. The lowest BCUT2D eigenvalue weighted by Gasteiger charge is -2.26. The smallest absolute Gasteiger partial charge is 0.128 e. The van der Waals surface area contributed by atoms with Gasteiger partial charge >= 0.3 is 0 Å². The summed E-state index contributed by atoms with van der Waals surface area (Å²) in [4.78, 5) is 0. The van der Waals surface area contributed by atoms with Crippen LogP contribution in [0, 0.1) is 5.92 Å². The summed E-state index contributed by atoms with van der Waals surface area (Å²) in [6, 6.07) is 12.8. The Balaban J connectivity index is 1.80. The van der Waals surface area contributed by atoms with Gasteiger partial charge in [0.2, 0.25) is 0 Å². The number of phenolic OH excluding ortho intramolecular Hbond substituents is 1. The molecular formula is C19H25NO. The van der Waals surface area contributed by atoms with E-state index in [-0.39, 0.29) is 6.04 Å². The van der Waals surface area contributed by atoms with Crippen molar-refractivity contribution in [2.75, 3.05) is 0 Å². The van der Waals surface area contributed by atoms with E-state index in [4.69, 9.17) is 0 Å². The van der Waals surface area contributed by atoms with Crippen molar-refractivity contribution in [1.29, 1.82) is 0 Å². The lowest BCUT2D eigenvalue weighted by atomic mass is 9.96. The van der Waals surface area contributed by atoms with Gasteiger partial charge in [-0.3, -0.25) is 0 Å². The quantitative estimate of drug-likeness (QED) is 0.846. The second kappa shape index (κ2) is 6.07. The van der Waals surface area contributed by atoms with Gasteiger partial charge in [-0.2, -0.15) is 0 Å². The monoisotopic (exact) mass is 283 g/mol. The Morgan fingerprint density at radius 3 is 2.52 bits per heavy atom.